The first-order valence-electron chi connectivity index (χ1n) is 6.84. The van der Waals surface area contributed by atoms with Gasteiger partial charge in [-0.2, -0.15) is 0 Å². The molecular formula is C13H27NO5. The van der Waals surface area contributed by atoms with Crippen LogP contribution in [0.3, 0.4) is 0 Å². The van der Waals surface area contributed by atoms with Crippen molar-refractivity contribution in [3.8, 4) is 0 Å². The number of hydrogen-bond donors (Lipinski definition) is 1. The van der Waals surface area contributed by atoms with Crippen LogP contribution < -0.4 is 5.73 Å². The van der Waals surface area contributed by atoms with Crippen LogP contribution >= 0.6 is 0 Å². The third-order valence-electron chi connectivity index (χ3n) is 2.22. The third-order valence-corrected chi connectivity index (χ3v) is 2.22. The molecule has 0 aromatic heterocycles. The summed E-state index contributed by atoms with van der Waals surface area (Å²) >= 11 is 0. The lowest BCUT2D eigenvalue weighted by molar-refractivity contribution is -0.118. The fraction of sp³-hybridized carbons (Fsp3) is 0.923. The summed E-state index contributed by atoms with van der Waals surface area (Å²) in [5, 5.41) is 0. The molecule has 0 fully saturated rings. The summed E-state index contributed by atoms with van der Waals surface area (Å²) < 4.78 is 21.1. The Kier molecular flexibility index (Phi) is 15.1. The molecule has 0 aliphatic rings. The van der Waals surface area contributed by atoms with Gasteiger partial charge in [-0.25, -0.2) is 0 Å². The number of carbonyl (C=O) groups excluding carboxylic acids is 1. The third kappa shape index (κ3) is 15.4. The van der Waals surface area contributed by atoms with Crippen LogP contribution in [0.15, 0.2) is 0 Å². The molecule has 0 aromatic rings. The second-order valence-corrected chi connectivity index (χ2v) is 3.94. The molecule has 0 saturated heterocycles. The van der Waals surface area contributed by atoms with E-state index in [1.54, 1.807) is 0 Å². The van der Waals surface area contributed by atoms with Crippen LogP contribution in [0.2, 0.25) is 0 Å². The van der Waals surface area contributed by atoms with E-state index in [9.17, 15) is 4.79 Å². The standard InChI is InChI=1S/C13H27NO5/c1-2-4-16-6-8-18-10-11-19-9-7-17-5-3-13(15)12-14/h2-12,14H2,1H3. The first-order valence-corrected chi connectivity index (χ1v) is 6.84. The fourth-order valence-corrected chi connectivity index (χ4v) is 1.19. The molecule has 0 saturated carbocycles. The molecule has 0 heterocycles. The molecule has 6 nitrogen and oxygen atoms in total. The lowest BCUT2D eigenvalue weighted by Crippen LogP contribution is -2.16. The monoisotopic (exact) mass is 277 g/mol. The summed E-state index contributed by atoms with van der Waals surface area (Å²) in [4.78, 5) is 10.9. The predicted molar refractivity (Wildman–Crippen MR) is 72.2 cm³/mol. The highest BCUT2D eigenvalue weighted by Crippen LogP contribution is 1.86. The highest BCUT2D eigenvalue weighted by Gasteiger charge is 1.97. The molecular weight excluding hydrogens is 250 g/mol. The summed E-state index contributed by atoms with van der Waals surface area (Å²) in [6, 6.07) is 0. The van der Waals surface area contributed by atoms with Crippen molar-refractivity contribution < 1.29 is 23.7 Å². The Morgan fingerprint density at radius 3 is 1.63 bits per heavy atom. The van der Waals surface area contributed by atoms with Gasteiger partial charge in [-0.05, 0) is 6.42 Å². The van der Waals surface area contributed by atoms with Gasteiger partial charge in [-0.1, -0.05) is 6.92 Å². The molecule has 0 atom stereocenters. The van der Waals surface area contributed by atoms with Gasteiger partial charge in [0.15, 0.2) is 0 Å². The number of carbonyl (C=O) groups is 1. The summed E-state index contributed by atoms with van der Waals surface area (Å²) in [6.07, 6.45) is 1.40. The number of nitrogens with two attached hydrogens (primary N) is 1. The van der Waals surface area contributed by atoms with Crippen molar-refractivity contribution in [3.05, 3.63) is 0 Å². The van der Waals surface area contributed by atoms with Gasteiger partial charge in [0.05, 0.1) is 52.8 Å². The van der Waals surface area contributed by atoms with Crippen molar-refractivity contribution >= 4 is 5.78 Å². The molecule has 0 radical (unpaired) electrons. The highest BCUT2D eigenvalue weighted by atomic mass is 16.6. The zero-order valence-electron chi connectivity index (χ0n) is 11.9. The largest absolute Gasteiger partial charge is 0.379 e. The molecule has 0 aliphatic carbocycles. The van der Waals surface area contributed by atoms with E-state index in [4.69, 9.17) is 24.7 Å². The second-order valence-electron chi connectivity index (χ2n) is 3.94. The molecule has 0 spiro atoms. The van der Waals surface area contributed by atoms with Crippen LogP contribution in [0, 0.1) is 0 Å². The minimum Gasteiger partial charge on any atom is -0.379 e. The topological polar surface area (TPSA) is 80.0 Å². The number of rotatable bonds is 15. The molecule has 0 rings (SSSR count). The molecule has 0 bridgehead atoms. The summed E-state index contributed by atoms with van der Waals surface area (Å²) in [5.41, 5.74) is 5.17. The van der Waals surface area contributed by atoms with Crippen LogP contribution in [0.5, 0.6) is 0 Å². The lowest BCUT2D eigenvalue weighted by atomic mass is 10.3. The first kappa shape index (κ1) is 18.5. The molecule has 2 N–H and O–H groups in total. The number of hydrogen-bond acceptors (Lipinski definition) is 6. The normalized spacial score (nSPS) is 10.8. The van der Waals surface area contributed by atoms with Crippen LogP contribution in [0.1, 0.15) is 19.8 Å². The first-order chi connectivity index (χ1) is 9.31. The van der Waals surface area contributed by atoms with E-state index in [1.807, 2.05) is 0 Å². The maximum atomic E-state index is 10.9. The van der Waals surface area contributed by atoms with Crippen molar-refractivity contribution in [1.29, 1.82) is 0 Å². The van der Waals surface area contributed by atoms with E-state index in [0.717, 1.165) is 13.0 Å². The van der Waals surface area contributed by atoms with E-state index in [-0.39, 0.29) is 12.3 Å². The smallest absolute Gasteiger partial charge is 0.148 e. The number of ketones is 1. The van der Waals surface area contributed by atoms with Crippen molar-refractivity contribution in [2.75, 3.05) is 59.4 Å². The average molecular weight is 277 g/mol. The number of Topliss-reactive ketones (excluding diaryl/α,β-unsaturated/α-hetero) is 1. The molecule has 114 valence electrons. The fourth-order valence-electron chi connectivity index (χ4n) is 1.19. The van der Waals surface area contributed by atoms with Gasteiger partial charge in [-0.3, -0.25) is 4.79 Å². The van der Waals surface area contributed by atoms with Gasteiger partial charge in [0.1, 0.15) is 5.78 Å². The molecule has 0 amide bonds. The lowest BCUT2D eigenvalue weighted by Gasteiger charge is -2.07. The maximum absolute atomic E-state index is 10.9. The quantitative estimate of drug-likeness (QED) is 0.436. The van der Waals surface area contributed by atoms with E-state index in [1.165, 1.54) is 0 Å². The van der Waals surface area contributed by atoms with E-state index < -0.39 is 0 Å². The van der Waals surface area contributed by atoms with E-state index in [2.05, 4.69) is 6.92 Å². The van der Waals surface area contributed by atoms with E-state index in [0.29, 0.717) is 52.7 Å². The number of ether oxygens (including phenoxy) is 4. The molecule has 0 aromatic carbocycles. The van der Waals surface area contributed by atoms with Crippen LogP contribution in [0.4, 0.5) is 0 Å². The van der Waals surface area contributed by atoms with Crippen LogP contribution in [0.25, 0.3) is 0 Å². The average Bonchev–Trinajstić information content (AvgIpc) is 2.43. The Bertz CT molecular complexity index is 201. The highest BCUT2D eigenvalue weighted by molar-refractivity contribution is 5.80. The minimum atomic E-state index is 0.0135. The van der Waals surface area contributed by atoms with Gasteiger partial charge in [-0.15, -0.1) is 0 Å². The van der Waals surface area contributed by atoms with Crippen molar-refractivity contribution in [1.82, 2.24) is 0 Å². The van der Waals surface area contributed by atoms with Gasteiger partial charge in [0.2, 0.25) is 0 Å². The minimum absolute atomic E-state index is 0.0135. The van der Waals surface area contributed by atoms with Crippen molar-refractivity contribution in [2.45, 2.75) is 19.8 Å². The zero-order chi connectivity index (χ0) is 14.2. The summed E-state index contributed by atoms with van der Waals surface area (Å²) in [5.74, 6) is 0.0135. The molecule has 19 heavy (non-hydrogen) atoms. The van der Waals surface area contributed by atoms with Crippen molar-refractivity contribution in [3.63, 3.8) is 0 Å². The Morgan fingerprint density at radius 2 is 1.21 bits per heavy atom. The Balaban J connectivity index is 2.97. The van der Waals surface area contributed by atoms with Gasteiger partial charge in [0, 0.05) is 13.0 Å². The molecule has 0 aliphatic heterocycles. The van der Waals surface area contributed by atoms with Crippen LogP contribution in [-0.4, -0.2) is 65.2 Å². The molecule has 6 heteroatoms. The van der Waals surface area contributed by atoms with Gasteiger partial charge < -0.3 is 24.7 Å². The summed E-state index contributed by atoms with van der Waals surface area (Å²) in [7, 11) is 0. The SMILES string of the molecule is CCCOCCOCCOCCOCCC(=O)CN. The second kappa shape index (κ2) is 15.5. The van der Waals surface area contributed by atoms with E-state index >= 15 is 0 Å². The van der Waals surface area contributed by atoms with Gasteiger partial charge in [0.25, 0.3) is 0 Å². The zero-order valence-corrected chi connectivity index (χ0v) is 11.9. The Labute approximate surface area is 115 Å². The molecule has 0 unspecified atom stereocenters. The van der Waals surface area contributed by atoms with Crippen LogP contribution in [-0.2, 0) is 23.7 Å². The maximum Gasteiger partial charge on any atom is 0.148 e. The Hall–Kier alpha value is -0.530. The predicted octanol–water partition coefficient (Wildman–Crippen LogP) is 0.381. The summed E-state index contributed by atoms with van der Waals surface area (Å²) in [6.45, 7) is 6.66. The Morgan fingerprint density at radius 1 is 0.789 bits per heavy atom. The van der Waals surface area contributed by atoms with Gasteiger partial charge >= 0.3 is 0 Å². The van der Waals surface area contributed by atoms with Crippen molar-refractivity contribution in [2.24, 2.45) is 5.73 Å².